The van der Waals surface area contributed by atoms with E-state index in [1.54, 1.807) is 43.5 Å². The summed E-state index contributed by atoms with van der Waals surface area (Å²) in [7, 11) is -0.738. The highest BCUT2D eigenvalue weighted by atomic mass is 32.3. The summed E-state index contributed by atoms with van der Waals surface area (Å²) in [6.45, 7) is 10.6. The zero-order valence-corrected chi connectivity index (χ0v) is 28.4. The summed E-state index contributed by atoms with van der Waals surface area (Å²) in [4.78, 5) is 26.2. The molecule has 1 heterocycles. The highest BCUT2D eigenvalue weighted by molar-refractivity contribution is 7.84. The van der Waals surface area contributed by atoms with Crippen molar-refractivity contribution in [3.8, 4) is 5.75 Å². The molecular formula is C28H42N8O7S2. The topological polar surface area (TPSA) is 203 Å². The average molecular weight is 667 g/mol. The van der Waals surface area contributed by atoms with Crippen molar-refractivity contribution in [2.24, 2.45) is 20.5 Å². The molecule has 1 atom stereocenters. The first kappa shape index (κ1) is 37.3. The summed E-state index contributed by atoms with van der Waals surface area (Å²) in [5, 5.41) is 15.5. The molecule has 2 aromatic rings. The number of nitrogens with one attached hydrogen (secondary N) is 2. The van der Waals surface area contributed by atoms with Crippen molar-refractivity contribution < 1.29 is 35.5 Å². The van der Waals surface area contributed by atoms with Gasteiger partial charge in [-0.2, -0.15) is 0 Å². The molecule has 0 bridgehead atoms. The summed E-state index contributed by atoms with van der Waals surface area (Å²) in [6, 6.07) is 10.9. The van der Waals surface area contributed by atoms with Gasteiger partial charge in [0.05, 0.1) is 25.6 Å². The van der Waals surface area contributed by atoms with Crippen LogP contribution < -0.4 is 21.1 Å². The van der Waals surface area contributed by atoms with Gasteiger partial charge in [-0.3, -0.25) is 13.8 Å². The van der Waals surface area contributed by atoms with Crippen molar-refractivity contribution in [3.63, 3.8) is 0 Å². The van der Waals surface area contributed by atoms with E-state index >= 15 is 0 Å². The Morgan fingerprint density at radius 2 is 1.73 bits per heavy atom. The molecule has 0 saturated carbocycles. The molecule has 0 fully saturated rings. The van der Waals surface area contributed by atoms with Crippen molar-refractivity contribution in [3.05, 3.63) is 42.0 Å². The maximum Gasteiger partial charge on any atom is 0.248 e. The number of carbonyl (C=O) groups is 2. The van der Waals surface area contributed by atoms with E-state index in [0.29, 0.717) is 59.1 Å². The number of amidine groups is 1. The number of primary amides is 1. The molecule has 0 spiro atoms. The molecule has 2 amide bonds. The standard InChI is InChI=1S/C27H38N8O3S.CH4O4S/c1-8-9-26(36)30-21-14-23(29-20-12-10-19(11-13-20)27(28)37)24(38-7)15-22(21)31-33-39-16-25(32-34(39)6)35(17(2)3)18(4)5;1-5-6(2,3)4/h10-15,17-18H,8-9,16H2,1-7H3,(H3-,28,29,30,33,36,37);1H3,(H,2,3,4). The van der Waals surface area contributed by atoms with Gasteiger partial charge in [0.15, 0.2) is 12.9 Å². The Morgan fingerprint density at radius 1 is 1.13 bits per heavy atom. The summed E-state index contributed by atoms with van der Waals surface area (Å²) in [5.74, 6) is 1.54. The van der Waals surface area contributed by atoms with E-state index in [1.165, 1.54) is 0 Å². The third kappa shape index (κ3) is 11.5. The maximum atomic E-state index is 12.5. The number of rotatable bonds is 12. The molecule has 0 saturated heterocycles. The third-order valence-corrected chi connectivity index (χ3v) is 8.08. The summed E-state index contributed by atoms with van der Waals surface area (Å²) < 4.78 is 43.1. The molecule has 248 valence electrons. The number of amides is 2. The molecule has 45 heavy (non-hydrogen) atoms. The van der Waals surface area contributed by atoms with Crippen LogP contribution in [0.5, 0.6) is 5.75 Å². The van der Waals surface area contributed by atoms with E-state index in [2.05, 4.69) is 57.0 Å². The number of hydrazone groups is 1. The number of benzene rings is 2. The Hall–Kier alpha value is -3.93. The molecule has 4 N–H and O–H groups in total. The molecule has 17 heteroatoms. The van der Waals surface area contributed by atoms with Gasteiger partial charge in [-0.25, -0.2) is 8.42 Å². The van der Waals surface area contributed by atoms with E-state index in [-0.39, 0.29) is 5.91 Å². The molecular weight excluding hydrogens is 624 g/mol. The van der Waals surface area contributed by atoms with Crippen molar-refractivity contribution in [2.75, 3.05) is 37.7 Å². The lowest BCUT2D eigenvalue weighted by Gasteiger charge is -2.30. The van der Waals surface area contributed by atoms with Gasteiger partial charge in [-0.15, -0.1) is 5.11 Å². The Balaban J connectivity index is 0.00000107. The highest BCUT2D eigenvalue weighted by Crippen LogP contribution is 2.38. The zero-order valence-electron chi connectivity index (χ0n) is 26.7. The quantitative estimate of drug-likeness (QED) is 0.128. The predicted molar refractivity (Wildman–Crippen MR) is 174 cm³/mol. The van der Waals surface area contributed by atoms with E-state index in [4.69, 9.17) is 15.6 Å². The smallest absolute Gasteiger partial charge is 0.248 e. The normalized spacial score (nSPS) is 14.7. The van der Waals surface area contributed by atoms with Crippen molar-refractivity contribution >= 4 is 61.7 Å². The maximum absolute atomic E-state index is 12.5. The van der Waals surface area contributed by atoms with Crippen LogP contribution >= 0.6 is 0 Å². The van der Waals surface area contributed by atoms with Gasteiger partial charge < -0.3 is 30.6 Å². The van der Waals surface area contributed by atoms with E-state index in [9.17, 15) is 22.6 Å². The molecule has 1 aliphatic rings. The number of nitrogens with two attached hydrogens (primary N) is 1. The fraction of sp³-hybridized carbons (Fsp3) is 0.464. The minimum absolute atomic E-state index is 0.119. The largest absolute Gasteiger partial charge is 0.726 e. The fourth-order valence-corrected chi connectivity index (χ4v) is 5.43. The minimum atomic E-state index is -4.41. The van der Waals surface area contributed by atoms with Crippen LogP contribution in [0.1, 0.15) is 57.8 Å². The van der Waals surface area contributed by atoms with Crippen LogP contribution in [0.2, 0.25) is 0 Å². The van der Waals surface area contributed by atoms with Gasteiger partial charge in [0.1, 0.15) is 17.2 Å². The van der Waals surface area contributed by atoms with Gasteiger partial charge in [0.2, 0.25) is 33.1 Å². The van der Waals surface area contributed by atoms with Gasteiger partial charge in [-0.1, -0.05) is 11.4 Å². The SMILES string of the molecule is CCCC(=O)Nc1cc(Nc2ccc(C(N)=O)cc2)c(OC)cc1N=NS1=[N+](C)N=C(N(C(C)C)C(C)C)C1.COS(=O)(=O)[O-]. The zero-order chi connectivity index (χ0) is 33.9. The number of carbonyl (C=O) groups excluding carboxylic acids is 2. The first-order chi connectivity index (χ1) is 21.1. The van der Waals surface area contributed by atoms with Gasteiger partial charge in [-0.05, 0) is 68.5 Å². The second kappa shape index (κ2) is 17.0. The molecule has 2 aromatic carbocycles. The Bertz CT molecular complexity index is 1550. The van der Waals surface area contributed by atoms with Crippen LogP contribution in [0.3, 0.4) is 0 Å². The summed E-state index contributed by atoms with van der Waals surface area (Å²) in [6.07, 6.45) is 1.09. The number of anilines is 3. The van der Waals surface area contributed by atoms with Gasteiger partial charge in [0, 0.05) is 40.9 Å². The van der Waals surface area contributed by atoms with Crippen LogP contribution in [0, 0.1) is 0 Å². The fourth-order valence-electron chi connectivity index (χ4n) is 4.27. The monoisotopic (exact) mass is 666 g/mol. The summed E-state index contributed by atoms with van der Waals surface area (Å²) >= 11 is 0. The van der Waals surface area contributed by atoms with Crippen molar-refractivity contribution in [2.45, 2.75) is 59.5 Å². The van der Waals surface area contributed by atoms with Crippen molar-refractivity contribution in [1.82, 2.24) is 4.90 Å². The first-order valence-electron chi connectivity index (χ1n) is 14.0. The summed E-state index contributed by atoms with van der Waals surface area (Å²) in [5.41, 5.74) is 8.08. The molecule has 0 aliphatic carbocycles. The van der Waals surface area contributed by atoms with Crippen LogP contribution in [0.15, 0.2) is 51.1 Å². The van der Waals surface area contributed by atoms with E-state index in [0.717, 1.165) is 18.6 Å². The number of hydrogen-bond donors (Lipinski definition) is 3. The van der Waals surface area contributed by atoms with Gasteiger partial charge in [0.25, 0.3) is 0 Å². The lowest BCUT2D eigenvalue weighted by molar-refractivity contribution is -0.474. The van der Waals surface area contributed by atoms with Crippen molar-refractivity contribution in [1.29, 1.82) is 0 Å². The van der Waals surface area contributed by atoms with E-state index < -0.39 is 27.2 Å². The predicted octanol–water partition coefficient (Wildman–Crippen LogP) is 4.26. The van der Waals surface area contributed by atoms with Crippen LogP contribution in [0.4, 0.5) is 22.7 Å². The highest BCUT2D eigenvalue weighted by Gasteiger charge is 2.30. The molecule has 3 rings (SSSR count). The first-order valence-corrected chi connectivity index (χ1v) is 16.7. The second-order valence-electron chi connectivity index (χ2n) is 10.3. The number of hydrogen-bond acceptors (Lipinski definition) is 12. The number of ether oxygens (including phenoxy) is 1. The molecule has 1 aliphatic heterocycles. The van der Waals surface area contributed by atoms with Crippen LogP contribution in [0.25, 0.3) is 0 Å². The van der Waals surface area contributed by atoms with Crippen LogP contribution in [-0.4, -0.2) is 78.7 Å². The third-order valence-electron chi connectivity index (χ3n) is 6.19. The minimum Gasteiger partial charge on any atom is -0.726 e. The molecule has 0 radical (unpaired) electrons. The molecule has 15 nitrogen and oxygen atoms in total. The Labute approximate surface area is 267 Å². The lowest BCUT2D eigenvalue weighted by Crippen LogP contribution is -2.43. The Kier molecular flexibility index (Phi) is 14.0. The number of methoxy groups -OCH3 is 1. The van der Waals surface area contributed by atoms with Crippen LogP contribution in [-0.2, 0) is 30.3 Å². The Morgan fingerprint density at radius 3 is 2.22 bits per heavy atom. The van der Waals surface area contributed by atoms with E-state index in [1.807, 2.05) is 18.0 Å². The average Bonchev–Trinajstić information content (AvgIpc) is 3.31. The molecule has 0 aromatic heterocycles. The molecule has 1 unspecified atom stereocenters. The second-order valence-corrected chi connectivity index (χ2v) is 13.1. The van der Waals surface area contributed by atoms with Gasteiger partial charge >= 0.3 is 0 Å². The number of nitrogens with zero attached hydrogens (tertiary/aromatic N) is 5. The lowest BCUT2D eigenvalue weighted by atomic mass is 10.1.